The lowest BCUT2D eigenvalue weighted by Crippen LogP contribution is -2.48. The van der Waals surface area contributed by atoms with E-state index >= 15 is 0 Å². The van der Waals surface area contributed by atoms with Gasteiger partial charge in [-0.15, -0.1) is 0 Å². The minimum Gasteiger partial charge on any atom is -0.506 e. The molecule has 0 spiro atoms. The molecule has 6 heteroatoms. The number of carbonyl (C=O) groups is 1. The Kier molecular flexibility index (Phi) is 5.63. The summed E-state index contributed by atoms with van der Waals surface area (Å²) in [5.41, 5.74) is 2.61. The molecule has 0 aromatic heterocycles. The number of benzene rings is 2. The van der Waals surface area contributed by atoms with Gasteiger partial charge in [-0.05, 0) is 36.8 Å². The maximum atomic E-state index is 12.4. The molecular weight excluding hydrogens is 330 g/mol. The fourth-order valence-corrected chi connectivity index (χ4v) is 3.19. The molecule has 26 heavy (non-hydrogen) atoms. The Morgan fingerprint density at radius 3 is 2.58 bits per heavy atom. The molecule has 0 aliphatic carbocycles. The topological polar surface area (TPSA) is 65.0 Å². The Balaban J connectivity index is 1.54. The average molecular weight is 355 g/mol. The van der Waals surface area contributed by atoms with Crippen molar-refractivity contribution >= 4 is 17.3 Å². The summed E-state index contributed by atoms with van der Waals surface area (Å²) in [5.74, 6) is 0.906. The number of hydrogen-bond donors (Lipinski definition) is 2. The molecule has 1 heterocycles. The van der Waals surface area contributed by atoms with Crippen molar-refractivity contribution in [2.24, 2.45) is 0 Å². The van der Waals surface area contributed by atoms with Gasteiger partial charge in [-0.1, -0.05) is 18.2 Å². The normalized spacial score (nSPS) is 14.9. The number of ether oxygens (including phenoxy) is 1. The van der Waals surface area contributed by atoms with Gasteiger partial charge in [0.25, 0.3) is 0 Å². The van der Waals surface area contributed by atoms with Crippen LogP contribution in [0.1, 0.15) is 5.56 Å². The van der Waals surface area contributed by atoms with E-state index in [1.165, 1.54) is 0 Å². The number of nitrogens with one attached hydrogen (secondary N) is 1. The third-order valence-electron chi connectivity index (χ3n) is 4.59. The van der Waals surface area contributed by atoms with Gasteiger partial charge >= 0.3 is 0 Å². The van der Waals surface area contributed by atoms with Gasteiger partial charge < -0.3 is 20.1 Å². The molecule has 1 amide bonds. The van der Waals surface area contributed by atoms with E-state index in [1.807, 2.05) is 43.3 Å². The summed E-state index contributed by atoms with van der Waals surface area (Å²) >= 11 is 0. The number of aryl methyl sites for hydroxylation is 1. The fourth-order valence-electron chi connectivity index (χ4n) is 3.19. The van der Waals surface area contributed by atoms with Gasteiger partial charge in [0, 0.05) is 26.2 Å². The van der Waals surface area contributed by atoms with Crippen LogP contribution in [0.3, 0.4) is 0 Å². The molecule has 1 fully saturated rings. The Morgan fingerprint density at radius 1 is 1.15 bits per heavy atom. The predicted octanol–water partition coefficient (Wildman–Crippen LogP) is 2.47. The summed E-state index contributed by atoms with van der Waals surface area (Å²) in [6.07, 6.45) is 0. The van der Waals surface area contributed by atoms with Crippen LogP contribution in [-0.2, 0) is 4.79 Å². The fraction of sp³-hybridized carbons (Fsp3) is 0.350. The molecular formula is C20H25N3O3. The quantitative estimate of drug-likeness (QED) is 0.863. The molecule has 138 valence electrons. The molecule has 0 radical (unpaired) electrons. The van der Waals surface area contributed by atoms with Crippen molar-refractivity contribution in [2.75, 3.05) is 50.1 Å². The minimum absolute atomic E-state index is 0.0510. The van der Waals surface area contributed by atoms with E-state index in [4.69, 9.17) is 4.74 Å². The SMILES string of the molecule is COc1ccc(C)cc1NC(=O)CN1CCN(c2ccccc2O)CC1. The van der Waals surface area contributed by atoms with Crippen molar-refractivity contribution in [1.29, 1.82) is 0 Å². The Labute approximate surface area is 154 Å². The molecule has 2 N–H and O–H groups in total. The van der Waals surface area contributed by atoms with Crippen LogP contribution in [0.5, 0.6) is 11.5 Å². The molecule has 2 aromatic rings. The Morgan fingerprint density at radius 2 is 1.88 bits per heavy atom. The van der Waals surface area contributed by atoms with Gasteiger partial charge in [0.1, 0.15) is 11.5 Å². The lowest BCUT2D eigenvalue weighted by Gasteiger charge is -2.35. The lowest BCUT2D eigenvalue weighted by molar-refractivity contribution is -0.117. The van der Waals surface area contributed by atoms with Crippen LogP contribution in [0.15, 0.2) is 42.5 Å². The molecule has 6 nitrogen and oxygen atoms in total. The highest BCUT2D eigenvalue weighted by Gasteiger charge is 2.21. The highest BCUT2D eigenvalue weighted by atomic mass is 16.5. The number of hydrogen-bond acceptors (Lipinski definition) is 5. The Bertz CT molecular complexity index is 771. The second-order valence-electron chi connectivity index (χ2n) is 6.50. The summed E-state index contributed by atoms with van der Waals surface area (Å²) in [7, 11) is 1.60. The first kappa shape index (κ1) is 18.1. The van der Waals surface area contributed by atoms with Crippen molar-refractivity contribution in [2.45, 2.75) is 6.92 Å². The summed E-state index contributed by atoms with van der Waals surface area (Å²) < 4.78 is 5.31. The zero-order valence-electron chi connectivity index (χ0n) is 15.2. The van der Waals surface area contributed by atoms with Gasteiger partial charge in [0.2, 0.25) is 5.91 Å². The molecule has 0 bridgehead atoms. The Hall–Kier alpha value is -2.73. The highest BCUT2D eigenvalue weighted by molar-refractivity contribution is 5.93. The smallest absolute Gasteiger partial charge is 0.238 e. The molecule has 1 saturated heterocycles. The molecule has 0 atom stereocenters. The first-order valence-corrected chi connectivity index (χ1v) is 8.76. The van der Waals surface area contributed by atoms with Crippen molar-refractivity contribution in [1.82, 2.24) is 4.90 Å². The van der Waals surface area contributed by atoms with Crippen LogP contribution in [0.25, 0.3) is 0 Å². The van der Waals surface area contributed by atoms with E-state index in [-0.39, 0.29) is 5.91 Å². The molecule has 0 saturated carbocycles. The number of phenols is 1. The number of para-hydroxylation sites is 2. The first-order chi connectivity index (χ1) is 12.6. The van der Waals surface area contributed by atoms with Crippen molar-refractivity contribution in [3.63, 3.8) is 0 Å². The van der Waals surface area contributed by atoms with Crippen molar-refractivity contribution in [3.8, 4) is 11.5 Å². The maximum absolute atomic E-state index is 12.4. The van der Waals surface area contributed by atoms with Gasteiger partial charge in [-0.2, -0.15) is 0 Å². The number of amides is 1. The van der Waals surface area contributed by atoms with E-state index in [0.717, 1.165) is 37.4 Å². The zero-order chi connectivity index (χ0) is 18.5. The van der Waals surface area contributed by atoms with Crippen LogP contribution in [0.2, 0.25) is 0 Å². The number of carbonyl (C=O) groups excluding carboxylic acids is 1. The lowest BCUT2D eigenvalue weighted by atomic mass is 10.2. The predicted molar refractivity (Wildman–Crippen MR) is 103 cm³/mol. The third kappa shape index (κ3) is 4.26. The zero-order valence-corrected chi connectivity index (χ0v) is 15.2. The standard InChI is InChI=1S/C20H25N3O3/c1-15-7-8-19(26-2)16(13-15)21-20(25)14-22-9-11-23(12-10-22)17-5-3-4-6-18(17)24/h3-8,13,24H,9-12,14H2,1-2H3,(H,21,25). The largest absolute Gasteiger partial charge is 0.506 e. The number of piperazine rings is 1. The monoisotopic (exact) mass is 355 g/mol. The summed E-state index contributed by atoms with van der Waals surface area (Å²) in [6, 6.07) is 13.1. The average Bonchev–Trinajstić information content (AvgIpc) is 2.63. The van der Waals surface area contributed by atoms with Gasteiger partial charge in [0.05, 0.1) is 25.0 Å². The number of anilines is 2. The second-order valence-corrected chi connectivity index (χ2v) is 6.50. The summed E-state index contributed by atoms with van der Waals surface area (Å²) in [6.45, 7) is 5.41. The number of phenolic OH excluding ortho intramolecular Hbond substituents is 1. The number of rotatable bonds is 5. The third-order valence-corrected chi connectivity index (χ3v) is 4.59. The summed E-state index contributed by atoms with van der Waals surface area (Å²) in [4.78, 5) is 16.7. The second kappa shape index (κ2) is 8.10. The molecule has 0 unspecified atom stereocenters. The van der Waals surface area contributed by atoms with Crippen LogP contribution >= 0.6 is 0 Å². The highest BCUT2D eigenvalue weighted by Crippen LogP contribution is 2.27. The van der Waals surface area contributed by atoms with Gasteiger partial charge in [-0.3, -0.25) is 9.69 Å². The van der Waals surface area contributed by atoms with E-state index in [2.05, 4.69) is 15.1 Å². The van der Waals surface area contributed by atoms with Crippen LogP contribution in [-0.4, -0.2) is 55.7 Å². The molecule has 1 aliphatic rings. The van der Waals surface area contributed by atoms with E-state index in [1.54, 1.807) is 13.2 Å². The van der Waals surface area contributed by atoms with E-state index < -0.39 is 0 Å². The van der Waals surface area contributed by atoms with Crippen LogP contribution < -0.4 is 15.0 Å². The van der Waals surface area contributed by atoms with Gasteiger partial charge in [-0.25, -0.2) is 0 Å². The van der Waals surface area contributed by atoms with E-state index in [9.17, 15) is 9.90 Å². The molecule has 2 aromatic carbocycles. The number of aromatic hydroxyl groups is 1. The van der Waals surface area contributed by atoms with Crippen molar-refractivity contribution < 1.29 is 14.6 Å². The van der Waals surface area contributed by atoms with Crippen LogP contribution in [0.4, 0.5) is 11.4 Å². The molecule has 3 rings (SSSR count). The van der Waals surface area contributed by atoms with Crippen LogP contribution in [0, 0.1) is 6.92 Å². The first-order valence-electron chi connectivity index (χ1n) is 8.76. The number of nitrogens with zero attached hydrogens (tertiary/aromatic N) is 2. The summed E-state index contributed by atoms with van der Waals surface area (Å²) in [5, 5.41) is 12.9. The van der Waals surface area contributed by atoms with Gasteiger partial charge in [0.15, 0.2) is 0 Å². The number of methoxy groups -OCH3 is 1. The van der Waals surface area contributed by atoms with Crippen molar-refractivity contribution in [3.05, 3.63) is 48.0 Å². The molecule has 1 aliphatic heterocycles. The maximum Gasteiger partial charge on any atom is 0.238 e. The van der Waals surface area contributed by atoms with E-state index in [0.29, 0.717) is 23.7 Å². The minimum atomic E-state index is -0.0510.